The molecule has 0 atom stereocenters. The van der Waals surface area contributed by atoms with Crippen LogP contribution in [0.15, 0.2) is 18.2 Å². The highest BCUT2D eigenvalue weighted by atomic mass is 35.5. The first kappa shape index (κ1) is 8.07. The number of aromatic amines is 1. The summed E-state index contributed by atoms with van der Waals surface area (Å²) >= 11 is 5.74. The topological polar surface area (TPSA) is 66.0 Å². The lowest BCUT2D eigenvalue weighted by molar-refractivity contribution is 0.0697. The number of H-pyrrole nitrogens is 1. The molecule has 0 amide bonds. The summed E-state index contributed by atoms with van der Waals surface area (Å²) in [6.45, 7) is 0. The summed E-state index contributed by atoms with van der Waals surface area (Å²) in [5.41, 5.74) is 0.764. The average molecular weight is 197 g/mol. The Morgan fingerprint density at radius 1 is 1.54 bits per heavy atom. The Morgan fingerprint density at radius 3 is 3.00 bits per heavy atom. The summed E-state index contributed by atoms with van der Waals surface area (Å²) in [5.74, 6) is -0.971. The standard InChI is InChI=1S/C8H5ClN2O2/c9-7-5-2-1-4(8(12)13)3-6(5)10-11-7/h1-3H,(H,10,11)(H,12,13). The van der Waals surface area contributed by atoms with Gasteiger partial charge in [-0.05, 0) is 18.2 Å². The minimum Gasteiger partial charge on any atom is -0.478 e. The molecule has 0 unspecified atom stereocenters. The molecular weight excluding hydrogens is 192 g/mol. The summed E-state index contributed by atoms with van der Waals surface area (Å²) in [4.78, 5) is 10.6. The first-order valence-electron chi connectivity index (χ1n) is 3.55. The molecule has 2 N–H and O–H groups in total. The fourth-order valence-electron chi connectivity index (χ4n) is 1.11. The number of aromatic carboxylic acids is 1. The van der Waals surface area contributed by atoms with E-state index < -0.39 is 5.97 Å². The quantitative estimate of drug-likeness (QED) is 0.732. The number of carboxylic acids is 1. The van der Waals surface area contributed by atoms with Gasteiger partial charge in [0.15, 0.2) is 0 Å². The SMILES string of the molecule is O=C(O)c1ccc2c(Cl)[nH]nc2c1. The first-order chi connectivity index (χ1) is 6.18. The van der Waals surface area contributed by atoms with Crippen LogP contribution in [0, 0.1) is 0 Å². The average Bonchev–Trinajstić information content (AvgIpc) is 2.47. The second-order valence-corrected chi connectivity index (χ2v) is 2.95. The fourth-order valence-corrected chi connectivity index (χ4v) is 1.31. The molecule has 1 aromatic heterocycles. The zero-order valence-corrected chi connectivity index (χ0v) is 7.17. The number of hydrogen-bond donors (Lipinski definition) is 2. The third-order valence-corrected chi connectivity index (χ3v) is 2.04. The van der Waals surface area contributed by atoms with Crippen molar-refractivity contribution in [2.45, 2.75) is 0 Å². The molecule has 2 rings (SSSR count). The van der Waals surface area contributed by atoms with E-state index in [1.807, 2.05) is 0 Å². The highest BCUT2D eigenvalue weighted by Gasteiger charge is 2.07. The zero-order chi connectivity index (χ0) is 9.42. The van der Waals surface area contributed by atoms with E-state index in [0.717, 1.165) is 5.39 Å². The van der Waals surface area contributed by atoms with E-state index in [4.69, 9.17) is 16.7 Å². The Kier molecular flexibility index (Phi) is 1.70. The minimum atomic E-state index is -0.971. The van der Waals surface area contributed by atoms with E-state index >= 15 is 0 Å². The Hall–Kier alpha value is -1.55. The van der Waals surface area contributed by atoms with Crippen molar-refractivity contribution < 1.29 is 9.90 Å². The number of fused-ring (bicyclic) bond motifs is 1. The zero-order valence-electron chi connectivity index (χ0n) is 6.41. The van der Waals surface area contributed by atoms with E-state index in [2.05, 4.69) is 10.2 Å². The van der Waals surface area contributed by atoms with Gasteiger partial charge in [0, 0.05) is 5.39 Å². The Bertz CT molecular complexity index is 478. The molecule has 0 saturated heterocycles. The molecule has 0 aliphatic heterocycles. The number of nitrogens with one attached hydrogen (secondary N) is 1. The van der Waals surface area contributed by atoms with Gasteiger partial charge in [-0.1, -0.05) is 11.6 Å². The predicted molar refractivity (Wildman–Crippen MR) is 48.1 cm³/mol. The van der Waals surface area contributed by atoms with Crippen molar-refractivity contribution in [3.05, 3.63) is 28.9 Å². The van der Waals surface area contributed by atoms with Gasteiger partial charge in [0.1, 0.15) is 5.15 Å². The van der Waals surface area contributed by atoms with Crippen molar-refractivity contribution in [3.63, 3.8) is 0 Å². The molecule has 0 radical (unpaired) electrons. The van der Waals surface area contributed by atoms with Crippen molar-refractivity contribution in [1.29, 1.82) is 0 Å². The van der Waals surface area contributed by atoms with Crippen LogP contribution >= 0.6 is 11.6 Å². The molecule has 66 valence electrons. The van der Waals surface area contributed by atoms with Crippen LogP contribution in [0.3, 0.4) is 0 Å². The lowest BCUT2D eigenvalue weighted by Gasteiger charge is -1.92. The molecule has 4 nitrogen and oxygen atoms in total. The molecule has 0 fully saturated rings. The molecule has 0 spiro atoms. The van der Waals surface area contributed by atoms with Gasteiger partial charge in [-0.2, -0.15) is 5.10 Å². The molecular formula is C8H5ClN2O2. The number of hydrogen-bond acceptors (Lipinski definition) is 2. The molecule has 5 heteroatoms. The maximum atomic E-state index is 10.6. The summed E-state index contributed by atoms with van der Waals surface area (Å²) in [7, 11) is 0. The van der Waals surface area contributed by atoms with Crippen LogP contribution in [0.25, 0.3) is 10.9 Å². The Labute approximate surface area is 78.1 Å². The molecule has 1 heterocycles. The van der Waals surface area contributed by atoms with Gasteiger partial charge in [-0.3, -0.25) is 5.10 Å². The van der Waals surface area contributed by atoms with Crippen molar-refractivity contribution in [2.75, 3.05) is 0 Å². The monoisotopic (exact) mass is 196 g/mol. The number of aromatic nitrogens is 2. The predicted octanol–water partition coefficient (Wildman–Crippen LogP) is 1.91. The van der Waals surface area contributed by atoms with E-state index in [-0.39, 0.29) is 5.56 Å². The third-order valence-electron chi connectivity index (χ3n) is 1.76. The van der Waals surface area contributed by atoms with Crippen LogP contribution in [-0.4, -0.2) is 21.3 Å². The van der Waals surface area contributed by atoms with Gasteiger partial charge in [-0.15, -0.1) is 0 Å². The molecule has 0 saturated carbocycles. The number of nitrogens with zero attached hydrogens (tertiary/aromatic N) is 1. The molecule has 2 aromatic rings. The van der Waals surface area contributed by atoms with Crippen LogP contribution in [0.2, 0.25) is 5.15 Å². The first-order valence-corrected chi connectivity index (χ1v) is 3.93. The Balaban J connectivity index is 2.70. The lowest BCUT2D eigenvalue weighted by atomic mass is 10.2. The fraction of sp³-hybridized carbons (Fsp3) is 0. The second kappa shape index (κ2) is 2.74. The van der Waals surface area contributed by atoms with Crippen molar-refractivity contribution in [3.8, 4) is 0 Å². The van der Waals surface area contributed by atoms with E-state index in [9.17, 15) is 4.79 Å². The van der Waals surface area contributed by atoms with Crippen LogP contribution < -0.4 is 0 Å². The number of halogens is 1. The number of carboxylic acid groups (broad SMARTS) is 1. The molecule has 0 bridgehead atoms. The highest BCUT2D eigenvalue weighted by molar-refractivity contribution is 6.34. The molecule has 1 aromatic carbocycles. The van der Waals surface area contributed by atoms with Crippen LogP contribution in [0.4, 0.5) is 0 Å². The maximum absolute atomic E-state index is 10.6. The number of rotatable bonds is 1. The smallest absolute Gasteiger partial charge is 0.335 e. The van der Waals surface area contributed by atoms with E-state index in [1.165, 1.54) is 12.1 Å². The van der Waals surface area contributed by atoms with Gasteiger partial charge in [0.2, 0.25) is 0 Å². The molecule has 0 aliphatic carbocycles. The number of benzene rings is 1. The summed E-state index contributed by atoms with van der Waals surface area (Å²) in [6.07, 6.45) is 0. The maximum Gasteiger partial charge on any atom is 0.335 e. The van der Waals surface area contributed by atoms with Gasteiger partial charge >= 0.3 is 5.97 Å². The normalized spacial score (nSPS) is 10.5. The van der Waals surface area contributed by atoms with E-state index in [1.54, 1.807) is 6.07 Å². The summed E-state index contributed by atoms with van der Waals surface area (Å²) in [6, 6.07) is 4.59. The largest absolute Gasteiger partial charge is 0.478 e. The van der Waals surface area contributed by atoms with Crippen molar-refractivity contribution in [1.82, 2.24) is 10.2 Å². The van der Waals surface area contributed by atoms with Crippen LogP contribution in [0.1, 0.15) is 10.4 Å². The summed E-state index contributed by atoms with van der Waals surface area (Å²) in [5, 5.41) is 16.2. The van der Waals surface area contributed by atoms with Crippen molar-refractivity contribution >= 4 is 28.5 Å². The van der Waals surface area contributed by atoms with Gasteiger partial charge in [0.05, 0.1) is 11.1 Å². The van der Waals surface area contributed by atoms with Gasteiger partial charge in [0.25, 0.3) is 0 Å². The minimum absolute atomic E-state index is 0.204. The van der Waals surface area contributed by atoms with Gasteiger partial charge in [-0.25, -0.2) is 4.79 Å². The molecule has 13 heavy (non-hydrogen) atoms. The highest BCUT2D eigenvalue weighted by Crippen LogP contribution is 2.20. The molecule has 0 aliphatic rings. The summed E-state index contributed by atoms with van der Waals surface area (Å²) < 4.78 is 0. The Morgan fingerprint density at radius 2 is 2.31 bits per heavy atom. The van der Waals surface area contributed by atoms with Crippen LogP contribution in [-0.2, 0) is 0 Å². The lowest BCUT2D eigenvalue weighted by Crippen LogP contribution is -1.94. The second-order valence-electron chi connectivity index (χ2n) is 2.57. The van der Waals surface area contributed by atoms with Crippen LogP contribution in [0.5, 0.6) is 0 Å². The van der Waals surface area contributed by atoms with E-state index in [0.29, 0.717) is 10.7 Å². The van der Waals surface area contributed by atoms with Crippen molar-refractivity contribution in [2.24, 2.45) is 0 Å². The van der Waals surface area contributed by atoms with Gasteiger partial charge < -0.3 is 5.11 Å². The third kappa shape index (κ3) is 1.25. The number of carbonyl (C=O) groups is 1.